The lowest BCUT2D eigenvalue weighted by Crippen LogP contribution is -2.05. The average molecular weight is 311 g/mol. The van der Waals surface area contributed by atoms with E-state index in [2.05, 4.69) is 5.32 Å². The van der Waals surface area contributed by atoms with Crippen molar-refractivity contribution in [2.45, 2.75) is 13.1 Å². The van der Waals surface area contributed by atoms with Crippen LogP contribution in [0.5, 0.6) is 0 Å². The van der Waals surface area contributed by atoms with Crippen LogP contribution in [-0.2, 0) is 6.18 Å². The zero-order valence-electron chi connectivity index (χ0n) is 10.9. The Hall–Kier alpha value is -2.19. The summed E-state index contributed by atoms with van der Waals surface area (Å²) in [4.78, 5) is 0. The molecule has 0 unspecified atom stereocenters. The number of nitrogens with one attached hydrogen (secondary N) is 1. The summed E-state index contributed by atoms with van der Waals surface area (Å²) in [6, 6.07) is 10.2. The molecule has 2 rings (SSSR count). The summed E-state index contributed by atoms with van der Waals surface area (Å²) in [6.45, 7) is 1.83. The maximum Gasteiger partial charge on any atom is 0.416 e. The van der Waals surface area contributed by atoms with E-state index < -0.39 is 11.7 Å². The van der Waals surface area contributed by atoms with Gasteiger partial charge in [-0.25, -0.2) is 0 Å². The highest BCUT2D eigenvalue weighted by Gasteiger charge is 2.31. The molecule has 6 heteroatoms. The van der Waals surface area contributed by atoms with Crippen LogP contribution >= 0.6 is 11.6 Å². The van der Waals surface area contributed by atoms with E-state index >= 15 is 0 Å². The monoisotopic (exact) mass is 310 g/mol. The van der Waals surface area contributed by atoms with Crippen LogP contribution in [0.3, 0.4) is 0 Å². The van der Waals surface area contributed by atoms with Gasteiger partial charge in [-0.15, -0.1) is 0 Å². The minimum atomic E-state index is -4.48. The molecule has 0 radical (unpaired) electrons. The molecule has 0 aliphatic rings. The molecule has 0 amide bonds. The van der Waals surface area contributed by atoms with Crippen molar-refractivity contribution in [2.75, 3.05) is 5.32 Å². The first-order chi connectivity index (χ1) is 9.79. The molecule has 108 valence electrons. The van der Waals surface area contributed by atoms with E-state index in [1.165, 1.54) is 6.07 Å². The van der Waals surface area contributed by atoms with Crippen molar-refractivity contribution in [3.05, 3.63) is 58.1 Å². The molecular weight excluding hydrogens is 301 g/mol. The Balaban J connectivity index is 2.41. The van der Waals surface area contributed by atoms with E-state index in [0.717, 1.165) is 17.7 Å². The summed E-state index contributed by atoms with van der Waals surface area (Å²) < 4.78 is 38.2. The van der Waals surface area contributed by atoms with Gasteiger partial charge in [0.05, 0.1) is 16.8 Å². The Morgan fingerprint density at radius 2 is 1.86 bits per heavy atom. The summed E-state index contributed by atoms with van der Waals surface area (Å²) in [5.74, 6) is 0. The van der Waals surface area contributed by atoms with Crippen molar-refractivity contribution in [1.82, 2.24) is 0 Å². The largest absolute Gasteiger partial charge is 0.416 e. The highest BCUT2D eigenvalue weighted by molar-refractivity contribution is 6.31. The van der Waals surface area contributed by atoms with Crippen molar-refractivity contribution in [2.24, 2.45) is 0 Å². The van der Waals surface area contributed by atoms with E-state index in [4.69, 9.17) is 16.9 Å². The van der Waals surface area contributed by atoms with Gasteiger partial charge >= 0.3 is 6.18 Å². The fourth-order valence-electron chi connectivity index (χ4n) is 1.84. The minimum Gasteiger partial charge on any atom is -0.354 e. The van der Waals surface area contributed by atoms with Crippen molar-refractivity contribution in [1.29, 1.82) is 5.26 Å². The molecule has 2 aromatic carbocycles. The van der Waals surface area contributed by atoms with Gasteiger partial charge in [0, 0.05) is 10.7 Å². The second-order valence-corrected chi connectivity index (χ2v) is 4.95. The van der Waals surface area contributed by atoms with E-state index in [-0.39, 0.29) is 10.7 Å². The molecule has 0 saturated carbocycles. The van der Waals surface area contributed by atoms with Crippen LogP contribution in [0.1, 0.15) is 16.7 Å². The Kier molecular flexibility index (Phi) is 4.10. The van der Waals surface area contributed by atoms with Gasteiger partial charge in [-0.2, -0.15) is 18.4 Å². The van der Waals surface area contributed by atoms with Crippen LogP contribution in [0, 0.1) is 18.3 Å². The summed E-state index contributed by atoms with van der Waals surface area (Å²) in [7, 11) is 0. The van der Waals surface area contributed by atoms with Gasteiger partial charge in [0.1, 0.15) is 6.07 Å². The van der Waals surface area contributed by atoms with Crippen molar-refractivity contribution < 1.29 is 13.2 Å². The van der Waals surface area contributed by atoms with Crippen LogP contribution in [0.2, 0.25) is 5.02 Å². The minimum absolute atomic E-state index is 0.0297. The molecule has 0 aliphatic heterocycles. The molecule has 0 atom stereocenters. The fraction of sp³-hybridized carbons (Fsp3) is 0.133. The first-order valence-corrected chi connectivity index (χ1v) is 6.33. The van der Waals surface area contributed by atoms with Gasteiger partial charge in [0.15, 0.2) is 0 Å². The quantitative estimate of drug-likeness (QED) is 0.819. The Bertz CT molecular complexity index is 718. The SMILES string of the molecule is Cc1ccc(Nc2cc(Cl)cc(C(F)(F)F)c2)c(C#N)c1. The lowest BCUT2D eigenvalue weighted by Gasteiger charge is -2.13. The molecule has 0 saturated heterocycles. The van der Waals surface area contributed by atoms with Crippen LogP contribution < -0.4 is 5.32 Å². The van der Waals surface area contributed by atoms with Crippen molar-refractivity contribution in [3.8, 4) is 6.07 Å². The lowest BCUT2D eigenvalue weighted by atomic mass is 10.1. The van der Waals surface area contributed by atoms with Gasteiger partial charge in [-0.3, -0.25) is 0 Å². The fourth-order valence-corrected chi connectivity index (χ4v) is 2.08. The van der Waals surface area contributed by atoms with E-state index in [0.29, 0.717) is 11.3 Å². The molecule has 0 bridgehead atoms. The zero-order valence-corrected chi connectivity index (χ0v) is 11.7. The molecule has 0 aliphatic carbocycles. The maximum atomic E-state index is 12.7. The lowest BCUT2D eigenvalue weighted by molar-refractivity contribution is -0.137. The van der Waals surface area contributed by atoms with Crippen LogP contribution in [-0.4, -0.2) is 0 Å². The Morgan fingerprint density at radius 1 is 1.14 bits per heavy atom. The first-order valence-electron chi connectivity index (χ1n) is 5.95. The molecule has 0 spiro atoms. The van der Waals surface area contributed by atoms with Crippen LogP contribution in [0.15, 0.2) is 36.4 Å². The van der Waals surface area contributed by atoms with Gasteiger partial charge in [0.2, 0.25) is 0 Å². The molecule has 2 aromatic rings. The molecule has 2 nitrogen and oxygen atoms in total. The average Bonchev–Trinajstić information content (AvgIpc) is 2.39. The van der Waals surface area contributed by atoms with Crippen LogP contribution in [0.25, 0.3) is 0 Å². The van der Waals surface area contributed by atoms with E-state index in [1.807, 2.05) is 13.0 Å². The third-order valence-corrected chi connectivity index (χ3v) is 3.02. The number of aryl methyl sites for hydroxylation is 1. The highest BCUT2D eigenvalue weighted by atomic mass is 35.5. The number of hydrogen-bond donors (Lipinski definition) is 1. The molecule has 0 aromatic heterocycles. The highest BCUT2D eigenvalue weighted by Crippen LogP contribution is 2.34. The number of benzene rings is 2. The standard InChI is InChI=1S/C15H10ClF3N2/c1-9-2-3-14(10(4-9)8-20)21-13-6-11(15(17,18)19)5-12(16)7-13/h2-7,21H,1H3. The van der Waals surface area contributed by atoms with E-state index in [9.17, 15) is 13.2 Å². The smallest absolute Gasteiger partial charge is 0.354 e. The number of nitriles is 1. The summed E-state index contributed by atoms with van der Waals surface area (Å²) in [6.07, 6.45) is -4.48. The Morgan fingerprint density at radius 3 is 2.48 bits per heavy atom. The molecule has 0 heterocycles. The number of nitrogens with zero attached hydrogens (tertiary/aromatic N) is 1. The third-order valence-electron chi connectivity index (χ3n) is 2.80. The molecule has 21 heavy (non-hydrogen) atoms. The van der Waals surface area contributed by atoms with E-state index in [1.54, 1.807) is 18.2 Å². The third kappa shape index (κ3) is 3.67. The molecule has 0 fully saturated rings. The molecule has 1 N–H and O–H groups in total. The second kappa shape index (κ2) is 5.66. The summed E-state index contributed by atoms with van der Waals surface area (Å²) in [5, 5.41) is 11.8. The second-order valence-electron chi connectivity index (χ2n) is 4.51. The normalized spacial score (nSPS) is 11.0. The first kappa shape index (κ1) is 15.2. The number of halogens is 4. The molecular formula is C15H10ClF3N2. The summed E-state index contributed by atoms with van der Waals surface area (Å²) in [5.41, 5.74) is 1.000. The number of rotatable bonds is 2. The van der Waals surface area contributed by atoms with Gasteiger partial charge in [0.25, 0.3) is 0 Å². The topological polar surface area (TPSA) is 35.8 Å². The number of hydrogen-bond acceptors (Lipinski definition) is 2. The van der Waals surface area contributed by atoms with Gasteiger partial charge < -0.3 is 5.32 Å². The van der Waals surface area contributed by atoms with Crippen molar-refractivity contribution in [3.63, 3.8) is 0 Å². The number of anilines is 2. The number of alkyl halides is 3. The maximum absolute atomic E-state index is 12.7. The summed E-state index contributed by atoms with van der Waals surface area (Å²) >= 11 is 5.72. The van der Waals surface area contributed by atoms with Crippen molar-refractivity contribution >= 4 is 23.0 Å². The Labute approximate surface area is 124 Å². The zero-order chi connectivity index (χ0) is 15.6. The predicted molar refractivity (Wildman–Crippen MR) is 75.6 cm³/mol. The van der Waals surface area contributed by atoms with Gasteiger partial charge in [-0.05, 0) is 42.8 Å². The van der Waals surface area contributed by atoms with Gasteiger partial charge in [-0.1, -0.05) is 17.7 Å². The van der Waals surface area contributed by atoms with Crippen LogP contribution in [0.4, 0.5) is 24.5 Å². The predicted octanol–water partition coefficient (Wildman–Crippen LogP) is 5.28.